The first-order valence-corrected chi connectivity index (χ1v) is 8.20. The van der Waals surface area contributed by atoms with Crippen LogP contribution in [0.4, 0.5) is 0 Å². The summed E-state index contributed by atoms with van der Waals surface area (Å²) < 4.78 is 0. The van der Waals surface area contributed by atoms with Gasteiger partial charge in [0.25, 0.3) is 0 Å². The van der Waals surface area contributed by atoms with Crippen LogP contribution in [-0.4, -0.2) is 11.1 Å². The SMILES string of the molecule is CCCCCCC#Cc1ccccc1/C=C/CCCC(=O)O. The molecule has 0 saturated heterocycles. The van der Waals surface area contributed by atoms with Gasteiger partial charge in [0.05, 0.1) is 0 Å². The van der Waals surface area contributed by atoms with Gasteiger partial charge in [0, 0.05) is 18.4 Å². The highest BCUT2D eigenvalue weighted by Gasteiger charge is 1.96. The molecule has 1 N–H and O–H groups in total. The molecule has 0 radical (unpaired) electrons. The smallest absolute Gasteiger partial charge is 0.303 e. The molecule has 0 spiro atoms. The van der Waals surface area contributed by atoms with Crippen molar-refractivity contribution < 1.29 is 9.90 Å². The highest BCUT2D eigenvalue weighted by Crippen LogP contribution is 2.11. The van der Waals surface area contributed by atoms with Gasteiger partial charge in [-0.05, 0) is 30.9 Å². The van der Waals surface area contributed by atoms with Gasteiger partial charge in [0.2, 0.25) is 0 Å². The van der Waals surface area contributed by atoms with Crippen molar-refractivity contribution in [3.8, 4) is 11.8 Å². The molecule has 118 valence electrons. The molecule has 0 aliphatic heterocycles. The molecule has 0 aliphatic rings. The standard InChI is InChI=1S/C20H26O2/c1-2-3-4-5-6-8-13-18-15-11-12-16-19(18)14-9-7-10-17-20(21)22/h9,11-12,14-16H,2-7,10,17H2,1H3,(H,21,22)/b14-9+. The van der Waals surface area contributed by atoms with Gasteiger partial charge in [-0.2, -0.15) is 0 Å². The molecule has 0 bridgehead atoms. The molecule has 0 aliphatic carbocycles. The third-order valence-corrected chi connectivity index (χ3v) is 3.40. The topological polar surface area (TPSA) is 37.3 Å². The minimum atomic E-state index is -0.734. The number of carboxylic acid groups (broad SMARTS) is 1. The van der Waals surface area contributed by atoms with Crippen LogP contribution in [-0.2, 0) is 4.79 Å². The summed E-state index contributed by atoms with van der Waals surface area (Å²) in [6.07, 6.45) is 11.7. The van der Waals surface area contributed by atoms with Crippen molar-refractivity contribution in [2.45, 2.75) is 58.3 Å². The third kappa shape index (κ3) is 8.32. The monoisotopic (exact) mass is 298 g/mol. The predicted molar refractivity (Wildman–Crippen MR) is 92.6 cm³/mol. The van der Waals surface area contributed by atoms with Crippen LogP contribution in [0.15, 0.2) is 30.3 Å². The zero-order chi connectivity index (χ0) is 16.0. The van der Waals surface area contributed by atoms with Crippen molar-refractivity contribution in [2.24, 2.45) is 0 Å². The Morgan fingerprint density at radius 3 is 2.77 bits per heavy atom. The zero-order valence-electron chi connectivity index (χ0n) is 13.5. The quantitative estimate of drug-likeness (QED) is 0.497. The summed E-state index contributed by atoms with van der Waals surface area (Å²) >= 11 is 0. The molecule has 0 atom stereocenters. The van der Waals surface area contributed by atoms with Crippen LogP contribution in [0, 0.1) is 11.8 Å². The number of hydrogen-bond acceptors (Lipinski definition) is 1. The van der Waals surface area contributed by atoms with Crippen LogP contribution in [0.25, 0.3) is 6.08 Å². The van der Waals surface area contributed by atoms with E-state index < -0.39 is 5.97 Å². The van der Waals surface area contributed by atoms with Gasteiger partial charge in [-0.1, -0.05) is 68.4 Å². The summed E-state index contributed by atoms with van der Waals surface area (Å²) in [4.78, 5) is 10.5. The number of hydrogen-bond donors (Lipinski definition) is 1. The van der Waals surface area contributed by atoms with Gasteiger partial charge in [-0.15, -0.1) is 0 Å². The molecule has 0 fully saturated rings. The average Bonchev–Trinajstić information content (AvgIpc) is 2.51. The molecular formula is C20H26O2. The van der Waals surface area contributed by atoms with Crippen molar-refractivity contribution >= 4 is 12.0 Å². The first-order chi connectivity index (χ1) is 10.7. The molecule has 0 aromatic heterocycles. The van der Waals surface area contributed by atoms with Gasteiger partial charge in [-0.3, -0.25) is 4.79 Å². The highest BCUT2D eigenvalue weighted by molar-refractivity contribution is 5.66. The molecular weight excluding hydrogens is 272 g/mol. The first-order valence-electron chi connectivity index (χ1n) is 8.20. The Morgan fingerprint density at radius 2 is 2.00 bits per heavy atom. The summed E-state index contributed by atoms with van der Waals surface area (Å²) in [7, 11) is 0. The maximum atomic E-state index is 10.5. The first kappa shape index (κ1) is 18.0. The molecule has 2 nitrogen and oxygen atoms in total. The molecule has 0 unspecified atom stereocenters. The second-order valence-electron chi connectivity index (χ2n) is 5.39. The van der Waals surface area contributed by atoms with Gasteiger partial charge in [0.15, 0.2) is 0 Å². The fourth-order valence-corrected chi connectivity index (χ4v) is 2.14. The van der Waals surface area contributed by atoms with E-state index in [0.717, 1.165) is 24.0 Å². The lowest BCUT2D eigenvalue weighted by molar-refractivity contribution is -0.137. The van der Waals surface area contributed by atoms with Gasteiger partial charge in [0.1, 0.15) is 0 Å². The van der Waals surface area contributed by atoms with E-state index in [1.807, 2.05) is 30.4 Å². The lowest BCUT2D eigenvalue weighted by Gasteiger charge is -1.98. The van der Waals surface area contributed by atoms with Crippen LogP contribution in [0.5, 0.6) is 0 Å². The molecule has 1 aromatic carbocycles. The highest BCUT2D eigenvalue weighted by atomic mass is 16.4. The van der Waals surface area contributed by atoms with E-state index in [9.17, 15) is 4.79 Å². The minimum Gasteiger partial charge on any atom is -0.481 e. The van der Waals surface area contributed by atoms with E-state index in [1.54, 1.807) is 0 Å². The summed E-state index contributed by atoms with van der Waals surface area (Å²) in [6, 6.07) is 8.09. The number of benzene rings is 1. The van der Waals surface area contributed by atoms with E-state index in [0.29, 0.717) is 6.42 Å². The Balaban J connectivity index is 2.49. The Hall–Kier alpha value is -2.01. The van der Waals surface area contributed by atoms with Crippen molar-refractivity contribution in [3.63, 3.8) is 0 Å². The molecule has 0 amide bonds. The number of unbranched alkanes of at least 4 members (excludes halogenated alkanes) is 5. The van der Waals surface area contributed by atoms with Crippen molar-refractivity contribution in [3.05, 3.63) is 41.5 Å². The van der Waals surface area contributed by atoms with Gasteiger partial charge in [-0.25, -0.2) is 0 Å². The van der Waals surface area contributed by atoms with Crippen LogP contribution in [0.2, 0.25) is 0 Å². The molecule has 0 heterocycles. The minimum absolute atomic E-state index is 0.226. The fraction of sp³-hybridized carbons (Fsp3) is 0.450. The van der Waals surface area contributed by atoms with Crippen LogP contribution < -0.4 is 0 Å². The normalized spacial score (nSPS) is 10.4. The van der Waals surface area contributed by atoms with E-state index in [4.69, 9.17) is 5.11 Å². The summed E-state index contributed by atoms with van der Waals surface area (Å²) in [5.41, 5.74) is 2.16. The fourth-order valence-electron chi connectivity index (χ4n) is 2.14. The van der Waals surface area contributed by atoms with Crippen molar-refractivity contribution in [1.82, 2.24) is 0 Å². The second-order valence-corrected chi connectivity index (χ2v) is 5.39. The maximum Gasteiger partial charge on any atom is 0.303 e. The Morgan fingerprint density at radius 1 is 1.18 bits per heavy atom. The van der Waals surface area contributed by atoms with Crippen LogP contribution in [0.3, 0.4) is 0 Å². The molecule has 1 aromatic rings. The van der Waals surface area contributed by atoms with Crippen LogP contribution in [0.1, 0.15) is 69.4 Å². The number of carbonyl (C=O) groups is 1. The van der Waals surface area contributed by atoms with Crippen LogP contribution >= 0.6 is 0 Å². The van der Waals surface area contributed by atoms with Gasteiger partial charge < -0.3 is 5.11 Å². The summed E-state index contributed by atoms with van der Waals surface area (Å²) in [6.45, 7) is 2.21. The van der Waals surface area contributed by atoms with Crippen molar-refractivity contribution in [2.75, 3.05) is 0 Å². The lowest BCUT2D eigenvalue weighted by atomic mass is 10.1. The Bertz CT molecular complexity index is 532. The zero-order valence-corrected chi connectivity index (χ0v) is 13.5. The maximum absolute atomic E-state index is 10.5. The Labute approximate surface area is 134 Å². The molecule has 22 heavy (non-hydrogen) atoms. The van der Waals surface area contributed by atoms with E-state index >= 15 is 0 Å². The number of rotatable bonds is 9. The lowest BCUT2D eigenvalue weighted by Crippen LogP contribution is -1.92. The summed E-state index contributed by atoms with van der Waals surface area (Å²) in [5.74, 6) is 5.78. The van der Waals surface area contributed by atoms with E-state index in [1.165, 1.54) is 25.7 Å². The molecule has 0 saturated carbocycles. The number of carboxylic acids is 1. The van der Waals surface area contributed by atoms with Crippen molar-refractivity contribution in [1.29, 1.82) is 0 Å². The number of allylic oxidation sites excluding steroid dienone is 1. The third-order valence-electron chi connectivity index (χ3n) is 3.40. The van der Waals surface area contributed by atoms with Gasteiger partial charge >= 0.3 is 5.97 Å². The summed E-state index contributed by atoms with van der Waals surface area (Å²) in [5, 5.41) is 8.61. The average molecular weight is 298 g/mol. The largest absolute Gasteiger partial charge is 0.481 e. The predicted octanol–water partition coefficient (Wildman–Crippen LogP) is 5.28. The van der Waals surface area contributed by atoms with E-state index in [-0.39, 0.29) is 6.42 Å². The molecule has 1 rings (SSSR count). The molecule has 2 heteroatoms. The number of aliphatic carboxylic acids is 1. The van der Waals surface area contributed by atoms with E-state index in [2.05, 4.69) is 24.8 Å². The Kier molecular flexibility index (Phi) is 9.54. The second kappa shape index (κ2) is 11.6.